The van der Waals surface area contributed by atoms with Crippen LogP contribution in [0.15, 0.2) is 53.7 Å². The number of rotatable bonds is 4. The highest BCUT2D eigenvalue weighted by Gasteiger charge is 2.06. The zero-order valence-corrected chi connectivity index (χ0v) is 11.9. The lowest BCUT2D eigenvalue weighted by atomic mass is 10.1. The second-order valence-corrected chi connectivity index (χ2v) is 4.89. The van der Waals surface area contributed by atoms with Gasteiger partial charge in [0.2, 0.25) is 0 Å². The lowest BCUT2D eigenvalue weighted by Gasteiger charge is -2.20. The molecular formula is C15H16ClN3O. The summed E-state index contributed by atoms with van der Waals surface area (Å²) in [7, 11) is 1.99. The Bertz CT molecular complexity index is 611. The molecule has 0 aliphatic carbocycles. The molecule has 2 aromatic rings. The summed E-state index contributed by atoms with van der Waals surface area (Å²) >= 11 is 6.15. The van der Waals surface area contributed by atoms with E-state index in [0.717, 1.165) is 16.3 Å². The Morgan fingerprint density at radius 3 is 2.45 bits per heavy atom. The van der Waals surface area contributed by atoms with E-state index < -0.39 is 0 Å². The first kappa shape index (κ1) is 14.2. The molecule has 0 saturated heterocycles. The van der Waals surface area contributed by atoms with Gasteiger partial charge in [-0.05, 0) is 35.9 Å². The van der Waals surface area contributed by atoms with E-state index in [-0.39, 0.29) is 5.84 Å². The minimum atomic E-state index is 0.102. The van der Waals surface area contributed by atoms with E-state index in [1.807, 2.05) is 55.6 Å². The molecule has 0 fully saturated rings. The molecule has 0 bridgehead atoms. The molecule has 0 saturated carbocycles. The van der Waals surface area contributed by atoms with Crippen LogP contribution in [0.5, 0.6) is 0 Å². The Balaban J connectivity index is 2.14. The fourth-order valence-electron chi connectivity index (χ4n) is 1.92. The van der Waals surface area contributed by atoms with E-state index in [2.05, 4.69) is 10.1 Å². The minimum absolute atomic E-state index is 0.102. The smallest absolute Gasteiger partial charge is 0.170 e. The zero-order valence-electron chi connectivity index (χ0n) is 11.1. The number of halogens is 1. The third-order valence-corrected chi connectivity index (χ3v) is 3.45. The topological polar surface area (TPSA) is 61.8 Å². The molecule has 5 heteroatoms. The van der Waals surface area contributed by atoms with Crippen molar-refractivity contribution in [3.05, 3.63) is 64.7 Å². The van der Waals surface area contributed by atoms with Crippen LogP contribution in [0.25, 0.3) is 0 Å². The molecule has 0 amide bonds. The number of nitrogens with zero attached hydrogens (tertiary/aromatic N) is 2. The number of nitrogens with two attached hydrogens (primary N) is 1. The molecule has 4 nitrogen and oxygen atoms in total. The zero-order chi connectivity index (χ0) is 14.5. The molecule has 0 unspecified atom stereocenters. The molecule has 0 radical (unpaired) electrons. The molecule has 0 heterocycles. The Labute approximate surface area is 123 Å². The van der Waals surface area contributed by atoms with Crippen LogP contribution in [0.3, 0.4) is 0 Å². The molecule has 2 aromatic carbocycles. The number of benzene rings is 2. The van der Waals surface area contributed by atoms with Crippen molar-refractivity contribution in [2.45, 2.75) is 6.54 Å². The summed E-state index contributed by atoms with van der Waals surface area (Å²) in [5, 5.41) is 12.4. The molecule has 3 N–H and O–H groups in total. The van der Waals surface area contributed by atoms with Crippen LogP contribution in [0.2, 0.25) is 5.02 Å². The first-order chi connectivity index (χ1) is 9.61. The van der Waals surface area contributed by atoms with Gasteiger partial charge in [0.05, 0.1) is 0 Å². The molecule has 2 rings (SSSR count). The lowest BCUT2D eigenvalue weighted by molar-refractivity contribution is 0.318. The largest absolute Gasteiger partial charge is 0.409 e. The van der Waals surface area contributed by atoms with Gasteiger partial charge in [0.1, 0.15) is 0 Å². The van der Waals surface area contributed by atoms with Crippen LogP contribution in [-0.2, 0) is 6.54 Å². The van der Waals surface area contributed by atoms with Gasteiger partial charge in [-0.25, -0.2) is 0 Å². The van der Waals surface area contributed by atoms with Crippen LogP contribution < -0.4 is 10.6 Å². The third-order valence-electron chi connectivity index (χ3n) is 3.08. The van der Waals surface area contributed by atoms with Gasteiger partial charge in [-0.2, -0.15) is 0 Å². The molecular weight excluding hydrogens is 274 g/mol. The predicted octanol–water partition coefficient (Wildman–Crippen LogP) is 3.07. The van der Waals surface area contributed by atoms with Crippen LogP contribution in [0, 0.1) is 0 Å². The summed E-state index contributed by atoms with van der Waals surface area (Å²) in [6, 6.07) is 15.2. The first-order valence-electron chi connectivity index (χ1n) is 6.14. The Hall–Kier alpha value is -2.20. The van der Waals surface area contributed by atoms with Crippen molar-refractivity contribution >= 4 is 23.1 Å². The Morgan fingerprint density at radius 2 is 1.85 bits per heavy atom. The van der Waals surface area contributed by atoms with E-state index in [1.54, 1.807) is 0 Å². The Morgan fingerprint density at radius 1 is 1.20 bits per heavy atom. The van der Waals surface area contributed by atoms with Gasteiger partial charge >= 0.3 is 0 Å². The van der Waals surface area contributed by atoms with Crippen molar-refractivity contribution in [3.8, 4) is 0 Å². The highest BCUT2D eigenvalue weighted by atomic mass is 35.5. The van der Waals surface area contributed by atoms with Crippen molar-refractivity contribution in [2.75, 3.05) is 11.9 Å². The molecule has 0 aliphatic heterocycles. The van der Waals surface area contributed by atoms with Crippen LogP contribution in [0.4, 0.5) is 5.69 Å². The molecule has 104 valence electrons. The fraction of sp³-hybridized carbons (Fsp3) is 0.133. The van der Waals surface area contributed by atoms with Crippen molar-refractivity contribution in [3.63, 3.8) is 0 Å². The average Bonchev–Trinajstić information content (AvgIpc) is 2.49. The second-order valence-electron chi connectivity index (χ2n) is 4.48. The summed E-state index contributed by atoms with van der Waals surface area (Å²) in [6.45, 7) is 0.711. The fourth-order valence-corrected chi connectivity index (χ4v) is 2.11. The van der Waals surface area contributed by atoms with Crippen LogP contribution in [-0.4, -0.2) is 18.1 Å². The molecule has 0 aromatic heterocycles. The first-order valence-corrected chi connectivity index (χ1v) is 6.52. The highest BCUT2D eigenvalue weighted by molar-refractivity contribution is 6.31. The normalized spacial score (nSPS) is 11.4. The van der Waals surface area contributed by atoms with Crippen molar-refractivity contribution in [1.29, 1.82) is 0 Å². The number of amidine groups is 1. The number of hydrogen-bond donors (Lipinski definition) is 2. The van der Waals surface area contributed by atoms with Crippen molar-refractivity contribution in [1.82, 2.24) is 0 Å². The van der Waals surface area contributed by atoms with Gasteiger partial charge in [-0.15, -0.1) is 0 Å². The highest BCUT2D eigenvalue weighted by Crippen LogP contribution is 2.20. The van der Waals surface area contributed by atoms with E-state index >= 15 is 0 Å². The van der Waals surface area contributed by atoms with Gasteiger partial charge in [0.25, 0.3) is 0 Å². The number of oxime groups is 1. The summed E-state index contributed by atoms with van der Waals surface area (Å²) in [4.78, 5) is 2.08. The molecule has 0 atom stereocenters. The quantitative estimate of drug-likeness (QED) is 0.393. The second kappa shape index (κ2) is 6.30. The van der Waals surface area contributed by atoms with Crippen molar-refractivity contribution < 1.29 is 5.21 Å². The average molecular weight is 290 g/mol. The molecule has 0 spiro atoms. The number of hydrogen-bond acceptors (Lipinski definition) is 3. The van der Waals surface area contributed by atoms with E-state index in [9.17, 15) is 0 Å². The van der Waals surface area contributed by atoms with Gasteiger partial charge in [0.15, 0.2) is 5.84 Å². The van der Waals surface area contributed by atoms with Gasteiger partial charge < -0.3 is 15.8 Å². The maximum absolute atomic E-state index is 8.63. The van der Waals surface area contributed by atoms with Gasteiger partial charge in [0, 0.05) is 29.9 Å². The standard InChI is InChI=1S/C15H16ClN3O/c1-19(10-12-4-2-3-5-14(12)16)13-8-6-11(7-9-13)15(17)18-20/h2-9,20H,10H2,1H3,(H2,17,18). The van der Waals surface area contributed by atoms with E-state index in [0.29, 0.717) is 12.1 Å². The molecule has 20 heavy (non-hydrogen) atoms. The van der Waals surface area contributed by atoms with E-state index in [4.69, 9.17) is 22.5 Å². The number of anilines is 1. The maximum Gasteiger partial charge on any atom is 0.170 e. The SMILES string of the molecule is CN(Cc1ccccc1Cl)c1ccc(C(N)=NO)cc1. The molecule has 0 aliphatic rings. The lowest BCUT2D eigenvalue weighted by Crippen LogP contribution is -2.17. The minimum Gasteiger partial charge on any atom is -0.409 e. The van der Waals surface area contributed by atoms with Crippen LogP contribution in [0.1, 0.15) is 11.1 Å². The van der Waals surface area contributed by atoms with Gasteiger partial charge in [-0.1, -0.05) is 35.0 Å². The summed E-state index contributed by atoms with van der Waals surface area (Å²) in [6.07, 6.45) is 0. The summed E-state index contributed by atoms with van der Waals surface area (Å²) < 4.78 is 0. The van der Waals surface area contributed by atoms with Gasteiger partial charge in [-0.3, -0.25) is 0 Å². The van der Waals surface area contributed by atoms with Crippen LogP contribution >= 0.6 is 11.6 Å². The third kappa shape index (κ3) is 3.22. The summed E-state index contributed by atoms with van der Waals surface area (Å²) in [5.74, 6) is 0.102. The maximum atomic E-state index is 8.63. The monoisotopic (exact) mass is 289 g/mol. The predicted molar refractivity (Wildman–Crippen MR) is 82.5 cm³/mol. The van der Waals surface area contributed by atoms with Crippen molar-refractivity contribution in [2.24, 2.45) is 10.9 Å². The van der Waals surface area contributed by atoms with E-state index in [1.165, 1.54) is 0 Å². The summed E-state index contributed by atoms with van der Waals surface area (Å²) in [5.41, 5.74) is 8.31. The Kier molecular flexibility index (Phi) is 4.48.